The number of nitrogens with zero attached hydrogens (tertiary/aromatic N) is 1. The van der Waals surface area contributed by atoms with E-state index in [0.717, 1.165) is 15.6 Å². The van der Waals surface area contributed by atoms with E-state index >= 15 is 0 Å². The molecule has 0 aliphatic rings. The van der Waals surface area contributed by atoms with Gasteiger partial charge in [0.05, 0.1) is 31.4 Å². The molecular weight excluding hydrogens is 456 g/mol. The summed E-state index contributed by atoms with van der Waals surface area (Å²) in [6, 6.07) is 20.0. The highest BCUT2D eigenvalue weighted by atomic mass is 32.2. The lowest BCUT2D eigenvalue weighted by atomic mass is 10.2. The lowest BCUT2D eigenvalue weighted by Gasteiger charge is -2.25. The molecule has 0 spiro atoms. The summed E-state index contributed by atoms with van der Waals surface area (Å²) in [5, 5.41) is 2.78. The number of amides is 1. The Kier molecular flexibility index (Phi) is 8.37. The van der Waals surface area contributed by atoms with Crippen molar-refractivity contribution in [1.82, 2.24) is 5.32 Å². The lowest BCUT2D eigenvalue weighted by Crippen LogP contribution is -2.40. The van der Waals surface area contributed by atoms with Crippen LogP contribution in [0.2, 0.25) is 0 Å². The molecule has 0 radical (unpaired) electrons. The molecule has 0 heterocycles. The summed E-state index contributed by atoms with van der Waals surface area (Å²) in [6.45, 7) is 2.31. The number of anilines is 1. The van der Waals surface area contributed by atoms with E-state index < -0.39 is 22.5 Å². The van der Waals surface area contributed by atoms with Gasteiger partial charge in [0, 0.05) is 12.6 Å². The summed E-state index contributed by atoms with van der Waals surface area (Å²) < 4.78 is 44.0. The zero-order chi connectivity index (χ0) is 24.6. The molecule has 3 aromatic rings. The molecule has 9 heteroatoms. The Morgan fingerprint density at radius 1 is 0.912 bits per heavy atom. The first-order valence-electron chi connectivity index (χ1n) is 10.7. The second-order valence-corrected chi connectivity index (χ2v) is 9.08. The smallest absolute Gasteiger partial charge is 0.264 e. The quantitative estimate of drug-likeness (QED) is 0.447. The van der Waals surface area contributed by atoms with Crippen LogP contribution in [0.3, 0.4) is 0 Å². The van der Waals surface area contributed by atoms with Gasteiger partial charge in [-0.25, -0.2) is 8.42 Å². The van der Waals surface area contributed by atoms with Crippen LogP contribution in [0.15, 0.2) is 77.7 Å². The summed E-state index contributed by atoms with van der Waals surface area (Å²) in [4.78, 5) is 12.9. The van der Waals surface area contributed by atoms with Crippen LogP contribution in [-0.2, 0) is 21.4 Å². The number of rotatable bonds is 11. The van der Waals surface area contributed by atoms with Crippen molar-refractivity contribution in [2.75, 3.05) is 31.7 Å². The minimum Gasteiger partial charge on any atom is -0.494 e. The minimum absolute atomic E-state index is 0.0732. The fourth-order valence-corrected chi connectivity index (χ4v) is 4.71. The van der Waals surface area contributed by atoms with Crippen LogP contribution in [0.5, 0.6) is 17.2 Å². The molecule has 0 unspecified atom stereocenters. The van der Waals surface area contributed by atoms with Crippen LogP contribution >= 0.6 is 0 Å². The molecule has 0 saturated heterocycles. The standard InChI is InChI=1S/C25H28N2O6S/c1-4-33-21-13-10-19(11-14-21)17-26-25(28)18-27(34(29,30)22-8-6-5-7-9-22)20-12-15-23(31-2)24(16-20)32-3/h5-16H,4,17-18H2,1-3H3,(H,26,28). The molecule has 3 rings (SSSR count). The molecule has 1 amide bonds. The van der Waals surface area contributed by atoms with Gasteiger partial charge >= 0.3 is 0 Å². The second kappa shape index (κ2) is 11.4. The monoisotopic (exact) mass is 484 g/mol. The lowest BCUT2D eigenvalue weighted by molar-refractivity contribution is -0.119. The number of carbonyl (C=O) groups excluding carboxylic acids is 1. The topological polar surface area (TPSA) is 94.2 Å². The van der Waals surface area contributed by atoms with E-state index in [1.807, 2.05) is 31.2 Å². The van der Waals surface area contributed by atoms with E-state index in [2.05, 4.69) is 5.32 Å². The number of benzene rings is 3. The van der Waals surface area contributed by atoms with Gasteiger partial charge in [-0.3, -0.25) is 9.10 Å². The fraction of sp³-hybridized carbons (Fsp3) is 0.240. The van der Waals surface area contributed by atoms with E-state index in [9.17, 15) is 13.2 Å². The van der Waals surface area contributed by atoms with Crippen molar-refractivity contribution < 1.29 is 27.4 Å². The number of sulfonamides is 1. The van der Waals surface area contributed by atoms with E-state index in [1.165, 1.54) is 32.4 Å². The predicted octanol–water partition coefficient (Wildman–Crippen LogP) is 3.61. The third kappa shape index (κ3) is 5.99. The van der Waals surface area contributed by atoms with E-state index in [4.69, 9.17) is 14.2 Å². The van der Waals surface area contributed by atoms with Gasteiger partial charge in [-0.1, -0.05) is 30.3 Å². The molecule has 0 bridgehead atoms. The van der Waals surface area contributed by atoms with Crippen LogP contribution in [0.25, 0.3) is 0 Å². The van der Waals surface area contributed by atoms with Gasteiger partial charge in [-0.05, 0) is 48.9 Å². The first kappa shape index (κ1) is 24.9. The summed E-state index contributed by atoms with van der Waals surface area (Å²) in [7, 11) is -1.08. The van der Waals surface area contributed by atoms with E-state index in [-0.39, 0.29) is 17.1 Å². The summed E-state index contributed by atoms with van der Waals surface area (Å²) >= 11 is 0. The molecule has 0 aliphatic carbocycles. The molecule has 0 fully saturated rings. The molecular formula is C25H28N2O6S. The highest BCUT2D eigenvalue weighted by molar-refractivity contribution is 7.92. The van der Waals surface area contributed by atoms with Crippen molar-refractivity contribution in [2.45, 2.75) is 18.4 Å². The average molecular weight is 485 g/mol. The van der Waals surface area contributed by atoms with Gasteiger partial charge in [-0.2, -0.15) is 0 Å². The van der Waals surface area contributed by atoms with E-state index in [1.54, 1.807) is 30.3 Å². The third-order valence-electron chi connectivity index (χ3n) is 5.00. The molecule has 3 aromatic carbocycles. The van der Waals surface area contributed by atoms with Gasteiger partial charge in [0.1, 0.15) is 12.3 Å². The van der Waals surface area contributed by atoms with Gasteiger partial charge in [0.15, 0.2) is 11.5 Å². The number of carbonyl (C=O) groups is 1. The van der Waals surface area contributed by atoms with Gasteiger partial charge in [0.2, 0.25) is 5.91 Å². The van der Waals surface area contributed by atoms with E-state index in [0.29, 0.717) is 18.1 Å². The third-order valence-corrected chi connectivity index (χ3v) is 6.79. The molecule has 0 aliphatic heterocycles. The summed E-state index contributed by atoms with van der Waals surface area (Å²) in [5.74, 6) is 1.08. The second-order valence-electron chi connectivity index (χ2n) is 7.22. The average Bonchev–Trinajstić information content (AvgIpc) is 2.87. The SMILES string of the molecule is CCOc1ccc(CNC(=O)CN(c2ccc(OC)c(OC)c2)S(=O)(=O)c2ccccc2)cc1. The Hall–Kier alpha value is -3.72. The molecule has 180 valence electrons. The predicted molar refractivity (Wildman–Crippen MR) is 130 cm³/mol. The van der Waals surface area contributed by atoms with Crippen molar-refractivity contribution in [1.29, 1.82) is 0 Å². The van der Waals surface area contributed by atoms with Crippen LogP contribution in [0, 0.1) is 0 Å². The number of hydrogen-bond acceptors (Lipinski definition) is 6. The molecule has 0 saturated carbocycles. The zero-order valence-electron chi connectivity index (χ0n) is 19.4. The maximum Gasteiger partial charge on any atom is 0.264 e. The largest absolute Gasteiger partial charge is 0.494 e. The maximum absolute atomic E-state index is 13.5. The number of nitrogens with one attached hydrogen (secondary N) is 1. The van der Waals surface area contributed by atoms with Gasteiger partial charge in [0.25, 0.3) is 10.0 Å². The highest BCUT2D eigenvalue weighted by Crippen LogP contribution is 2.33. The first-order valence-corrected chi connectivity index (χ1v) is 12.1. The molecule has 0 aromatic heterocycles. The Bertz CT molecular complexity index is 1200. The van der Waals surface area contributed by atoms with Crippen molar-refractivity contribution in [3.63, 3.8) is 0 Å². The molecule has 8 nitrogen and oxygen atoms in total. The summed E-state index contributed by atoms with van der Waals surface area (Å²) in [6.07, 6.45) is 0. The Labute approximate surface area is 200 Å². The van der Waals surface area contributed by atoms with Gasteiger partial charge in [-0.15, -0.1) is 0 Å². The molecule has 34 heavy (non-hydrogen) atoms. The normalized spacial score (nSPS) is 10.9. The first-order chi connectivity index (χ1) is 16.4. The van der Waals surface area contributed by atoms with Crippen molar-refractivity contribution in [3.05, 3.63) is 78.4 Å². The van der Waals surface area contributed by atoms with Crippen LogP contribution in [-0.4, -0.2) is 41.7 Å². The Morgan fingerprint density at radius 3 is 2.21 bits per heavy atom. The number of ether oxygens (including phenoxy) is 3. The van der Waals surface area contributed by atoms with Crippen molar-refractivity contribution in [3.8, 4) is 17.2 Å². The van der Waals surface area contributed by atoms with Crippen LogP contribution in [0.1, 0.15) is 12.5 Å². The van der Waals surface area contributed by atoms with Gasteiger partial charge < -0.3 is 19.5 Å². The molecule has 0 atom stereocenters. The zero-order valence-corrected chi connectivity index (χ0v) is 20.2. The Morgan fingerprint density at radius 2 is 1.59 bits per heavy atom. The van der Waals surface area contributed by atoms with Crippen molar-refractivity contribution in [2.24, 2.45) is 0 Å². The maximum atomic E-state index is 13.5. The van der Waals surface area contributed by atoms with Crippen LogP contribution in [0.4, 0.5) is 5.69 Å². The molecule has 1 N–H and O–H groups in total. The summed E-state index contributed by atoms with van der Waals surface area (Å²) in [5.41, 5.74) is 1.14. The minimum atomic E-state index is -4.03. The highest BCUT2D eigenvalue weighted by Gasteiger charge is 2.28. The fourth-order valence-electron chi connectivity index (χ4n) is 3.27. The Balaban J connectivity index is 1.84. The number of methoxy groups -OCH3 is 2. The van der Waals surface area contributed by atoms with Crippen LogP contribution < -0.4 is 23.8 Å². The van der Waals surface area contributed by atoms with Crippen molar-refractivity contribution >= 4 is 21.6 Å². The number of hydrogen-bond donors (Lipinski definition) is 1.